The minimum Gasteiger partial charge on any atom is -0.493 e. The second-order valence-corrected chi connectivity index (χ2v) is 6.66. The first-order valence-corrected chi connectivity index (χ1v) is 9.23. The molecule has 0 aromatic heterocycles. The first-order chi connectivity index (χ1) is 13.9. The number of benzene rings is 3. The van der Waals surface area contributed by atoms with E-state index < -0.39 is 18.0 Å². The fourth-order valence-corrected chi connectivity index (χ4v) is 3.17. The van der Waals surface area contributed by atoms with Gasteiger partial charge >= 0.3 is 5.97 Å². The molecule has 1 atom stereocenters. The van der Waals surface area contributed by atoms with Crippen LogP contribution in [0.15, 0.2) is 54.6 Å². The Morgan fingerprint density at radius 3 is 2.45 bits per heavy atom. The Bertz CT molecular complexity index is 1060. The molecule has 0 aliphatic heterocycles. The molecule has 3 rings (SSSR count). The van der Waals surface area contributed by atoms with Gasteiger partial charge in [0.15, 0.2) is 17.6 Å². The molecule has 29 heavy (non-hydrogen) atoms. The number of hydrogen-bond donors (Lipinski definition) is 1. The first kappa shape index (κ1) is 20.5. The van der Waals surface area contributed by atoms with Crippen LogP contribution in [-0.4, -0.2) is 32.2 Å². The molecule has 0 radical (unpaired) electrons. The van der Waals surface area contributed by atoms with Crippen molar-refractivity contribution in [1.82, 2.24) is 0 Å². The van der Waals surface area contributed by atoms with E-state index >= 15 is 0 Å². The number of methoxy groups -OCH3 is 2. The van der Waals surface area contributed by atoms with E-state index in [0.717, 1.165) is 10.8 Å². The van der Waals surface area contributed by atoms with E-state index in [4.69, 9.17) is 25.8 Å². The highest BCUT2D eigenvalue weighted by atomic mass is 35.5. The molecule has 0 heterocycles. The average molecular weight is 414 g/mol. The van der Waals surface area contributed by atoms with Crippen molar-refractivity contribution in [3.63, 3.8) is 0 Å². The summed E-state index contributed by atoms with van der Waals surface area (Å²) in [5.74, 6) is -0.540. The molecule has 6 nitrogen and oxygen atoms in total. The van der Waals surface area contributed by atoms with Gasteiger partial charge in [-0.3, -0.25) is 4.79 Å². The van der Waals surface area contributed by atoms with Crippen LogP contribution < -0.4 is 14.8 Å². The van der Waals surface area contributed by atoms with Gasteiger partial charge in [-0.2, -0.15) is 0 Å². The lowest BCUT2D eigenvalue weighted by atomic mass is 10.1. The van der Waals surface area contributed by atoms with E-state index in [1.54, 1.807) is 6.07 Å². The van der Waals surface area contributed by atoms with Crippen molar-refractivity contribution < 1.29 is 23.8 Å². The zero-order valence-corrected chi connectivity index (χ0v) is 16.9. The molecular formula is C22H20ClNO5. The number of halogens is 1. The zero-order valence-electron chi connectivity index (χ0n) is 16.2. The standard InChI is InChI=1S/C22H20ClNO5/c1-13(21(25)24-18-10-6-8-14-7-4-5-9-16(14)18)29-22(26)15-11-17(23)20(28-3)19(12-15)27-2/h4-13H,1-3H3,(H,24,25). The third-order valence-electron chi connectivity index (χ3n) is 4.37. The highest BCUT2D eigenvalue weighted by Gasteiger charge is 2.22. The van der Waals surface area contributed by atoms with Gasteiger partial charge < -0.3 is 19.5 Å². The van der Waals surface area contributed by atoms with Gasteiger partial charge in [0.1, 0.15) is 0 Å². The second kappa shape index (κ2) is 8.84. The number of fused-ring (bicyclic) bond motifs is 1. The smallest absolute Gasteiger partial charge is 0.339 e. The summed E-state index contributed by atoms with van der Waals surface area (Å²) in [6, 6.07) is 16.1. The Balaban J connectivity index is 1.74. The van der Waals surface area contributed by atoms with Gasteiger partial charge in [-0.15, -0.1) is 0 Å². The molecule has 1 amide bonds. The maximum absolute atomic E-state index is 12.6. The number of carbonyl (C=O) groups excluding carboxylic acids is 2. The van der Waals surface area contributed by atoms with E-state index in [9.17, 15) is 9.59 Å². The molecule has 0 fully saturated rings. The summed E-state index contributed by atoms with van der Waals surface area (Å²) < 4.78 is 15.6. The number of esters is 1. The number of ether oxygens (including phenoxy) is 3. The third kappa shape index (κ3) is 4.43. The Labute approximate surface area is 173 Å². The van der Waals surface area contributed by atoms with Crippen molar-refractivity contribution in [2.45, 2.75) is 13.0 Å². The Kier molecular flexibility index (Phi) is 6.24. The molecule has 0 aliphatic carbocycles. The summed E-state index contributed by atoms with van der Waals surface area (Å²) >= 11 is 6.13. The van der Waals surface area contributed by atoms with Crippen LogP contribution in [0, 0.1) is 0 Å². The SMILES string of the molecule is COc1cc(C(=O)OC(C)C(=O)Nc2cccc3ccccc23)cc(Cl)c1OC. The van der Waals surface area contributed by atoms with E-state index in [1.807, 2.05) is 36.4 Å². The lowest BCUT2D eigenvalue weighted by molar-refractivity contribution is -0.123. The van der Waals surface area contributed by atoms with Crippen LogP contribution in [0.2, 0.25) is 5.02 Å². The average Bonchev–Trinajstić information content (AvgIpc) is 2.73. The largest absolute Gasteiger partial charge is 0.493 e. The highest BCUT2D eigenvalue weighted by molar-refractivity contribution is 6.32. The minimum atomic E-state index is -1.02. The Hall–Kier alpha value is -3.25. The molecule has 7 heteroatoms. The van der Waals surface area contributed by atoms with Gasteiger partial charge in [0.05, 0.1) is 24.8 Å². The highest BCUT2D eigenvalue weighted by Crippen LogP contribution is 2.36. The third-order valence-corrected chi connectivity index (χ3v) is 4.65. The summed E-state index contributed by atoms with van der Waals surface area (Å²) in [5.41, 5.74) is 0.794. The lowest BCUT2D eigenvalue weighted by Gasteiger charge is -2.16. The van der Waals surface area contributed by atoms with Crippen LogP contribution in [0.3, 0.4) is 0 Å². The summed E-state index contributed by atoms with van der Waals surface area (Å²) in [7, 11) is 2.88. The quantitative estimate of drug-likeness (QED) is 0.593. The summed E-state index contributed by atoms with van der Waals surface area (Å²) in [5, 5.41) is 4.90. The van der Waals surface area contributed by atoms with Gasteiger partial charge in [-0.05, 0) is 30.5 Å². The molecule has 0 bridgehead atoms. The van der Waals surface area contributed by atoms with Gasteiger partial charge in [-0.25, -0.2) is 4.79 Å². The maximum atomic E-state index is 12.6. The molecule has 150 valence electrons. The summed E-state index contributed by atoms with van der Waals surface area (Å²) in [6.45, 7) is 1.50. The summed E-state index contributed by atoms with van der Waals surface area (Å²) in [6.07, 6.45) is -1.02. The number of anilines is 1. The minimum absolute atomic E-state index is 0.150. The molecule has 0 saturated carbocycles. The number of hydrogen-bond acceptors (Lipinski definition) is 5. The lowest BCUT2D eigenvalue weighted by Crippen LogP contribution is -2.30. The predicted molar refractivity (Wildman–Crippen MR) is 112 cm³/mol. The van der Waals surface area contributed by atoms with Gasteiger partial charge in [0.2, 0.25) is 0 Å². The number of carbonyl (C=O) groups is 2. The topological polar surface area (TPSA) is 73.9 Å². The van der Waals surface area contributed by atoms with E-state index in [0.29, 0.717) is 17.2 Å². The second-order valence-electron chi connectivity index (χ2n) is 6.26. The predicted octanol–water partition coefficient (Wildman–Crippen LogP) is 4.69. The van der Waals surface area contributed by atoms with Crippen molar-refractivity contribution >= 4 is 39.9 Å². The van der Waals surface area contributed by atoms with Gasteiger partial charge in [0.25, 0.3) is 5.91 Å². The maximum Gasteiger partial charge on any atom is 0.339 e. The zero-order chi connectivity index (χ0) is 21.0. The molecule has 3 aromatic rings. The number of nitrogens with one attached hydrogen (secondary N) is 1. The van der Waals surface area contributed by atoms with Crippen LogP contribution >= 0.6 is 11.6 Å². The van der Waals surface area contributed by atoms with Gasteiger partial charge in [-0.1, -0.05) is 48.0 Å². The monoisotopic (exact) mass is 413 g/mol. The molecule has 0 aliphatic rings. The van der Waals surface area contributed by atoms with Crippen molar-refractivity contribution in [2.24, 2.45) is 0 Å². The van der Waals surface area contributed by atoms with Crippen molar-refractivity contribution in [2.75, 3.05) is 19.5 Å². The van der Waals surface area contributed by atoms with E-state index in [2.05, 4.69) is 5.32 Å². The Morgan fingerprint density at radius 1 is 1.00 bits per heavy atom. The fraction of sp³-hybridized carbons (Fsp3) is 0.182. The number of rotatable bonds is 6. The van der Waals surface area contributed by atoms with E-state index in [-0.39, 0.29) is 10.6 Å². The van der Waals surface area contributed by atoms with Crippen LogP contribution in [0.4, 0.5) is 5.69 Å². The normalized spacial score (nSPS) is 11.6. The van der Waals surface area contributed by atoms with Gasteiger partial charge in [0, 0.05) is 11.1 Å². The van der Waals surface area contributed by atoms with Crippen LogP contribution in [0.5, 0.6) is 11.5 Å². The molecule has 0 spiro atoms. The van der Waals surface area contributed by atoms with Crippen LogP contribution in [0.25, 0.3) is 10.8 Å². The van der Waals surface area contributed by atoms with Crippen molar-refractivity contribution in [1.29, 1.82) is 0 Å². The summed E-state index contributed by atoms with van der Waals surface area (Å²) in [4.78, 5) is 25.0. The molecule has 1 unspecified atom stereocenters. The van der Waals surface area contributed by atoms with Crippen LogP contribution in [-0.2, 0) is 9.53 Å². The van der Waals surface area contributed by atoms with Crippen molar-refractivity contribution in [3.8, 4) is 11.5 Å². The number of amides is 1. The van der Waals surface area contributed by atoms with Crippen molar-refractivity contribution in [3.05, 3.63) is 65.2 Å². The molecule has 1 N–H and O–H groups in total. The van der Waals surface area contributed by atoms with Crippen LogP contribution in [0.1, 0.15) is 17.3 Å². The molecular weight excluding hydrogens is 394 g/mol. The fourth-order valence-electron chi connectivity index (χ4n) is 2.89. The molecule has 0 saturated heterocycles. The molecule has 3 aromatic carbocycles. The first-order valence-electron chi connectivity index (χ1n) is 8.85. The Morgan fingerprint density at radius 2 is 1.72 bits per heavy atom. The van der Waals surface area contributed by atoms with E-state index in [1.165, 1.54) is 33.3 Å².